The SMILES string of the molecule is O=COC1/C=C/CCCCC1. The molecule has 0 bridgehead atoms. The van der Waals surface area contributed by atoms with E-state index in [1.54, 1.807) is 0 Å². The van der Waals surface area contributed by atoms with E-state index in [0.29, 0.717) is 6.47 Å². The van der Waals surface area contributed by atoms with Crippen LogP contribution in [-0.4, -0.2) is 12.6 Å². The van der Waals surface area contributed by atoms with Crippen LogP contribution in [0.15, 0.2) is 12.2 Å². The van der Waals surface area contributed by atoms with Crippen molar-refractivity contribution in [2.75, 3.05) is 0 Å². The van der Waals surface area contributed by atoms with E-state index in [9.17, 15) is 4.79 Å². The van der Waals surface area contributed by atoms with Gasteiger partial charge >= 0.3 is 0 Å². The molecule has 1 unspecified atom stereocenters. The second-order valence-electron chi connectivity index (χ2n) is 2.84. The molecule has 0 saturated carbocycles. The Hall–Kier alpha value is -0.790. The van der Waals surface area contributed by atoms with Gasteiger partial charge in [-0.05, 0) is 31.8 Å². The highest BCUT2D eigenvalue weighted by atomic mass is 16.5. The van der Waals surface area contributed by atoms with Crippen LogP contribution >= 0.6 is 0 Å². The lowest BCUT2D eigenvalue weighted by Crippen LogP contribution is -2.09. The second-order valence-corrected chi connectivity index (χ2v) is 2.84. The summed E-state index contributed by atoms with van der Waals surface area (Å²) in [6.45, 7) is 0.538. The van der Waals surface area contributed by atoms with Crippen LogP contribution in [0.3, 0.4) is 0 Å². The lowest BCUT2D eigenvalue weighted by Gasteiger charge is -2.12. The Balaban J connectivity index is 2.35. The number of carbonyl (C=O) groups excluding carboxylic acids is 1. The van der Waals surface area contributed by atoms with Crippen molar-refractivity contribution < 1.29 is 9.53 Å². The monoisotopic (exact) mass is 154 g/mol. The van der Waals surface area contributed by atoms with Crippen LogP contribution in [0.5, 0.6) is 0 Å². The number of allylic oxidation sites excluding steroid dienone is 1. The minimum absolute atomic E-state index is 0.0350. The molecule has 0 heterocycles. The first-order chi connectivity index (χ1) is 5.43. The number of rotatable bonds is 2. The number of carbonyl (C=O) groups is 1. The summed E-state index contributed by atoms with van der Waals surface area (Å²) in [4.78, 5) is 10.0. The third-order valence-corrected chi connectivity index (χ3v) is 1.94. The van der Waals surface area contributed by atoms with Crippen molar-refractivity contribution in [1.29, 1.82) is 0 Å². The van der Waals surface area contributed by atoms with E-state index in [4.69, 9.17) is 4.74 Å². The summed E-state index contributed by atoms with van der Waals surface area (Å²) < 4.78 is 4.85. The molecule has 0 aromatic heterocycles. The van der Waals surface area contributed by atoms with Crippen LogP contribution in [0, 0.1) is 0 Å². The maximum Gasteiger partial charge on any atom is 0.293 e. The van der Waals surface area contributed by atoms with Gasteiger partial charge in [0.15, 0.2) is 0 Å². The molecule has 2 heteroatoms. The first kappa shape index (κ1) is 8.31. The van der Waals surface area contributed by atoms with Crippen LogP contribution in [-0.2, 0) is 9.53 Å². The predicted octanol–water partition coefficient (Wildman–Crippen LogP) is 2.05. The molecule has 0 spiro atoms. The van der Waals surface area contributed by atoms with Gasteiger partial charge in [-0.15, -0.1) is 0 Å². The molecule has 1 aliphatic rings. The second kappa shape index (κ2) is 4.94. The fourth-order valence-corrected chi connectivity index (χ4v) is 1.31. The molecule has 0 radical (unpaired) electrons. The van der Waals surface area contributed by atoms with E-state index in [1.807, 2.05) is 6.08 Å². The Bertz CT molecular complexity index is 140. The average molecular weight is 154 g/mol. The maximum atomic E-state index is 10.0. The van der Waals surface area contributed by atoms with Crippen LogP contribution in [0.2, 0.25) is 0 Å². The molecule has 11 heavy (non-hydrogen) atoms. The van der Waals surface area contributed by atoms with Crippen LogP contribution < -0.4 is 0 Å². The van der Waals surface area contributed by atoms with Gasteiger partial charge in [0.1, 0.15) is 6.10 Å². The summed E-state index contributed by atoms with van der Waals surface area (Å²) in [5.41, 5.74) is 0. The number of ether oxygens (including phenoxy) is 1. The van der Waals surface area contributed by atoms with Crippen molar-refractivity contribution >= 4 is 6.47 Å². The highest BCUT2D eigenvalue weighted by Gasteiger charge is 2.05. The minimum atomic E-state index is 0.0350. The van der Waals surface area contributed by atoms with Gasteiger partial charge in [0.05, 0.1) is 0 Å². The molecule has 0 N–H and O–H groups in total. The molecule has 1 atom stereocenters. The molecule has 2 nitrogen and oxygen atoms in total. The molecule has 0 aromatic carbocycles. The fraction of sp³-hybridized carbons (Fsp3) is 0.667. The first-order valence-electron chi connectivity index (χ1n) is 4.19. The molecular formula is C9H14O2. The lowest BCUT2D eigenvalue weighted by atomic mass is 10.0. The van der Waals surface area contributed by atoms with E-state index < -0.39 is 0 Å². The van der Waals surface area contributed by atoms with Crippen molar-refractivity contribution in [3.8, 4) is 0 Å². The highest BCUT2D eigenvalue weighted by molar-refractivity contribution is 5.38. The Morgan fingerprint density at radius 3 is 3.09 bits per heavy atom. The molecule has 0 aliphatic heterocycles. The van der Waals surface area contributed by atoms with Gasteiger partial charge in [-0.3, -0.25) is 4.79 Å². The van der Waals surface area contributed by atoms with Crippen LogP contribution in [0.1, 0.15) is 32.1 Å². The zero-order chi connectivity index (χ0) is 7.94. The van der Waals surface area contributed by atoms with E-state index in [1.165, 1.54) is 19.3 Å². The third kappa shape index (κ3) is 3.21. The Morgan fingerprint density at radius 2 is 2.27 bits per heavy atom. The Labute approximate surface area is 67.2 Å². The molecule has 62 valence electrons. The van der Waals surface area contributed by atoms with Gasteiger partial charge in [-0.1, -0.05) is 12.5 Å². The topological polar surface area (TPSA) is 26.3 Å². The average Bonchev–Trinajstić information content (AvgIpc) is 1.94. The van der Waals surface area contributed by atoms with Crippen molar-refractivity contribution in [2.45, 2.75) is 38.2 Å². The molecule has 0 saturated heterocycles. The smallest absolute Gasteiger partial charge is 0.293 e. The zero-order valence-corrected chi connectivity index (χ0v) is 6.66. The van der Waals surface area contributed by atoms with Crippen molar-refractivity contribution in [2.24, 2.45) is 0 Å². The normalized spacial score (nSPS) is 28.2. The van der Waals surface area contributed by atoms with E-state index in [-0.39, 0.29) is 6.10 Å². The summed E-state index contributed by atoms with van der Waals surface area (Å²) in [6.07, 6.45) is 9.93. The molecule has 1 rings (SSSR count). The summed E-state index contributed by atoms with van der Waals surface area (Å²) in [6, 6.07) is 0. The number of hydrogen-bond donors (Lipinski definition) is 0. The van der Waals surface area contributed by atoms with Crippen LogP contribution in [0.25, 0.3) is 0 Å². The molecule has 0 fully saturated rings. The molecule has 0 aromatic rings. The van der Waals surface area contributed by atoms with Crippen molar-refractivity contribution in [3.05, 3.63) is 12.2 Å². The number of hydrogen-bond acceptors (Lipinski definition) is 2. The van der Waals surface area contributed by atoms with Gasteiger partial charge in [0.25, 0.3) is 6.47 Å². The highest BCUT2D eigenvalue weighted by Crippen LogP contribution is 2.13. The van der Waals surface area contributed by atoms with Gasteiger partial charge in [0, 0.05) is 0 Å². The third-order valence-electron chi connectivity index (χ3n) is 1.94. The minimum Gasteiger partial charge on any atom is -0.460 e. The fourth-order valence-electron chi connectivity index (χ4n) is 1.31. The molecule has 0 amide bonds. The van der Waals surface area contributed by atoms with E-state index in [0.717, 1.165) is 12.8 Å². The van der Waals surface area contributed by atoms with Gasteiger partial charge < -0.3 is 4.74 Å². The quantitative estimate of drug-likeness (QED) is 0.449. The molecular weight excluding hydrogens is 140 g/mol. The summed E-state index contributed by atoms with van der Waals surface area (Å²) in [5, 5.41) is 0. The van der Waals surface area contributed by atoms with E-state index in [2.05, 4.69) is 6.08 Å². The Morgan fingerprint density at radius 1 is 1.36 bits per heavy atom. The molecule has 1 aliphatic carbocycles. The Kier molecular flexibility index (Phi) is 3.73. The first-order valence-corrected chi connectivity index (χ1v) is 4.19. The predicted molar refractivity (Wildman–Crippen MR) is 43.2 cm³/mol. The van der Waals surface area contributed by atoms with Gasteiger partial charge in [-0.25, -0.2) is 0 Å². The van der Waals surface area contributed by atoms with Gasteiger partial charge in [-0.2, -0.15) is 0 Å². The van der Waals surface area contributed by atoms with Crippen molar-refractivity contribution in [1.82, 2.24) is 0 Å². The summed E-state index contributed by atoms with van der Waals surface area (Å²) >= 11 is 0. The lowest BCUT2D eigenvalue weighted by molar-refractivity contribution is -0.131. The summed E-state index contributed by atoms with van der Waals surface area (Å²) in [7, 11) is 0. The van der Waals surface area contributed by atoms with Crippen molar-refractivity contribution in [3.63, 3.8) is 0 Å². The van der Waals surface area contributed by atoms with Crippen LogP contribution in [0.4, 0.5) is 0 Å². The van der Waals surface area contributed by atoms with Gasteiger partial charge in [0.2, 0.25) is 0 Å². The summed E-state index contributed by atoms with van der Waals surface area (Å²) in [5.74, 6) is 0. The largest absolute Gasteiger partial charge is 0.460 e. The van der Waals surface area contributed by atoms with E-state index >= 15 is 0 Å². The maximum absolute atomic E-state index is 10.0. The zero-order valence-electron chi connectivity index (χ0n) is 6.66. The standard InChI is InChI=1S/C9H14O2/c10-8-11-9-6-4-2-1-3-5-7-9/h4,6,8-9H,1-3,5,7H2/b6-4+.